The fourth-order valence-corrected chi connectivity index (χ4v) is 6.38. The van der Waals surface area contributed by atoms with Crippen molar-refractivity contribution in [3.63, 3.8) is 0 Å². The molecule has 1 amide bonds. The first-order chi connectivity index (χ1) is 15.7. The zero-order chi connectivity index (χ0) is 23.8. The molecule has 0 N–H and O–H groups in total. The Morgan fingerprint density at radius 1 is 1.18 bits per heavy atom. The van der Waals surface area contributed by atoms with Crippen LogP contribution in [0.15, 0.2) is 52.4 Å². The van der Waals surface area contributed by atoms with Crippen LogP contribution >= 0.6 is 11.3 Å². The van der Waals surface area contributed by atoms with Crippen LogP contribution in [0.4, 0.5) is 4.39 Å². The van der Waals surface area contributed by atoms with Crippen LogP contribution in [0.25, 0.3) is 10.2 Å². The fourth-order valence-electron chi connectivity index (χ4n) is 3.79. The molecular weight excluding hydrogens is 469 g/mol. The van der Waals surface area contributed by atoms with Crippen molar-refractivity contribution in [1.29, 1.82) is 0 Å². The van der Waals surface area contributed by atoms with Gasteiger partial charge in [-0.1, -0.05) is 11.3 Å². The second-order valence-electron chi connectivity index (χ2n) is 7.72. The third-order valence-electron chi connectivity index (χ3n) is 5.62. The molecule has 1 aliphatic heterocycles. The number of ether oxygens (including phenoxy) is 1. The Labute approximate surface area is 194 Å². The molecule has 0 aliphatic carbocycles. The number of aryl methyl sites for hydroxylation is 1. The molecule has 1 saturated heterocycles. The zero-order valence-corrected chi connectivity index (χ0v) is 19.7. The summed E-state index contributed by atoms with van der Waals surface area (Å²) in [4.78, 5) is 29.5. The highest BCUT2D eigenvalue weighted by atomic mass is 32.2. The summed E-state index contributed by atoms with van der Waals surface area (Å²) in [5, 5.41) is 0. The quantitative estimate of drug-likeness (QED) is 0.523. The molecule has 8 nitrogen and oxygen atoms in total. The molecule has 1 unspecified atom stereocenters. The molecule has 1 atom stereocenters. The number of sulfonamides is 1. The summed E-state index contributed by atoms with van der Waals surface area (Å²) in [7, 11) is -0.753. The van der Waals surface area contributed by atoms with E-state index >= 15 is 0 Å². The highest BCUT2D eigenvalue weighted by Crippen LogP contribution is 2.25. The number of carbonyl (C=O) groups is 2. The molecule has 2 aromatic carbocycles. The van der Waals surface area contributed by atoms with Crippen LogP contribution in [0.3, 0.4) is 0 Å². The molecule has 2 heterocycles. The Hall–Kier alpha value is -2.89. The number of amides is 1. The van der Waals surface area contributed by atoms with Gasteiger partial charge in [-0.2, -0.15) is 9.30 Å². The summed E-state index contributed by atoms with van der Waals surface area (Å²) >= 11 is 1.26. The zero-order valence-electron chi connectivity index (χ0n) is 18.0. The Bertz CT molecular complexity index is 1390. The highest BCUT2D eigenvalue weighted by Gasteiger charge is 2.33. The minimum absolute atomic E-state index is 0.00810. The van der Waals surface area contributed by atoms with E-state index < -0.39 is 33.6 Å². The first-order valence-corrected chi connectivity index (χ1v) is 12.5. The summed E-state index contributed by atoms with van der Waals surface area (Å²) in [5.41, 5.74) is 1.21. The maximum Gasteiger partial charge on any atom is 0.337 e. The average Bonchev–Trinajstić information content (AvgIpc) is 3.13. The Balaban J connectivity index is 1.59. The molecule has 1 fully saturated rings. The van der Waals surface area contributed by atoms with Gasteiger partial charge in [0.1, 0.15) is 5.82 Å². The van der Waals surface area contributed by atoms with Crippen LogP contribution in [0.2, 0.25) is 0 Å². The summed E-state index contributed by atoms with van der Waals surface area (Å²) < 4.78 is 47.6. The maximum absolute atomic E-state index is 13.2. The van der Waals surface area contributed by atoms with Crippen LogP contribution in [0, 0.1) is 11.7 Å². The number of thiazole rings is 1. The molecule has 174 valence electrons. The predicted octanol–water partition coefficient (Wildman–Crippen LogP) is 2.69. The lowest BCUT2D eigenvalue weighted by atomic mass is 9.99. The lowest BCUT2D eigenvalue weighted by molar-refractivity contribution is -0.122. The Morgan fingerprint density at radius 3 is 2.61 bits per heavy atom. The van der Waals surface area contributed by atoms with Gasteiger partial charge in [-0.15, -0.1) is 0 Å². The number of benzene rings is 2. The molecule has 0 bridgehead atoms. The van der Waals surface area contributed by atoms with Crippen molar-refractivity contribution < 1.29 is 27.1 Å². The molecule has 11 heteroatoms. The van der Waals surface area contributed by atoms with E-state index in [1.807, 2.05) is 0 Å². The van der Waals surface area contributed by atoms with E-state index in [1.54, 1.807) is 29.8 Å². The molecule has 0 saturated carbocycles. The van der Waals surface area contributed by atoms with E-state index in [0.717, 1.165) is 22.3 Å². The monoisotopic (exact) mass is 491 g/mol. The van der Waals surface area contributed by atoms with Gasteiger partial charge in [-0.05, 0) is 55.3 Å². The number of carbonyl (C=O) groups excluding carboxylic acids is 2. The number of esters is 1. The minimum atomic E-state index is -3.84. The molecule has 3 aromatic rings. The molecule has 4 rings (SSSR count). The van der Waals surface area contributed by atoms with Gasteiger partial charge in [0, 0.05) is 20.1 Å². The van der Waals surface area contributed by atoms with Crippen LogP contribution in [-0.4, -0.2) is 49.4 Å². The van der Waals surface area contributed by atoms with Crippen molar-refractivity contribution in [3.8, 4) is 0 Å². The standard InChI is InChI=1S/C22H22FN3O5S2/c1-25-18-10-5-14(21(28)31-2)12-19(18)32-22(25)24-20(27)15-4-3-11-26(13-15)33(29,30)17-8-6-16(23)7-9-17/h5-10,12,15H,3-4,11,13H2,1-2H3. The van der Waals surface area contributed by atoms with E-state index in [2.05, 4.69) is 4.99 Å². The van der Waals surface area contributed by atoms with Crippen molar-refractivity contribution >= 4 is 43.5 Å². The van der Waals surface area contributed by atoms with E-state index in [1.165, 1.54) is 34.9 Å². The summed E-state index contributed by atoms with van der Waals surface area (Å²) in [5.74, 6) is -1.95. The molecule has 0 radical (unpaired) electrons. The first-order valence-electron chi connectivity index (χ1n) is 10.2. The normalized spacial score (nSPS) is 17.9. The second kappa shape index (κ2) is 9.16. The second-order valence-corrected chi connectivity index (χ2v) is 10.7. The summed E-state index contributed by atoms with van der Waals surface area (Å²) in [6.45, 7) is 0.305. The Kier molecular flexibility index (Phi) is 6.46. The molecule has 1 aliphatic rings. The molecule has 1 aromatic heterocycles. The number of nitrogens with zero attached hydrogens (tertiary/aromatic N) is 3. The lowest BCUT2D eigenvalue weighted by Crippen LogP contribution is -2.42. The van der Waals surface area contributed by atoms with Gasteiger partial charge < -0.3 is 9.30 Å². The minimum Gasteiger partial charge on any atom is -0.465 e. The third-order valence-corrected chi connectivity index (χ3v) is 8.60. The van der Waals surface area contributed by atoms with Crippen LogP contribution in [-0.2, 0) is 26.6 Å². The topological polar surface area (TPSA) is 98.0 Å². The van der Waals surface area contributed by atoms with Gasteiger partial charge in [0.05, 0.1) is 33.7 Å². The van der Waals surface area contributed by atoms with E-state index in [9.17, 15) is 22.4 Å². The van der Waals surface area contributed by atoms with Gasteiger partial charge in [0.15, 0.2) is 4.80 Å². The lowest BCUT2D eigenvalue weighted by Gasteiger charge is -2.30. The fraction of sp³-hybridized carbons (Fsp3) is 0.318. The molecule has 0 spiro atoms. The van der Waals surface area contributed by atoms with Crippen molar-refractivity contribution in [3.05, 3.63) is 58.6 Å². The number of halogens is 1. The van der Waals surface area contributed by atoms with Crippen LogP contribution in [0.1, 0.15) is 23.2 Å². The van der Waals surface area contributed by atoms with E-state index in [-0.39, 0.29) is 18.0 Å². The number of rotatable bonds is 4. The Morgan fingerprint density at radius 2 is 1.91 bits per heavy atom. The molecular formula is C22H22FN3O5S2. The number of methoxy groups -OCH3 is 1. The number of aromatic nitrogens is 1. The number of piperidine rings is 1. The highest BCUT2D eigenvalue weighted by molar-refractivity contribution is 7.89. The SMILES string of the molecule is COC(=O)c1ccc2c(c1)sc(=NC(=O)C1CCCN(S(=O)(=O)c3ccc(F)cc3)C1)n2C. The van der Waals surface area contributed by atoms with E-state index in [4.69, 9.17) is 4.74 Å². The number of fused-ring (bicyclic) bond motifs is 1. The first kappa shape index (κ1) is 23.3. The van der Waals surface area contributed by atoms with Crippen molar-refractivity contribution in [2.24, 2.45) is 18.0 Å². The summed E-state index contributed by atoms with van der Waals surface area (Å²) in [6.07, 6.45) is 1.05. The van der Waals surface area contributed by atoms with Gasteiger partial charge in [-0.3, -0.25) is 4.79 Å². The average molecular weight is 492 g/mol. The smallest absolute Gasteiger partial charge is 0.337 e. The van der Waals surface area contributed by atoms with Crippen molar-refractivity contribution in [2.75, 3.05) is 20.2 Å². The van der Waals surface area contributed by atoms with Crippen molar-refractivity contribution in [2.45, 2.75) is 17.7 Å². The third kappa shape index (κ3) is 4.61. The van der Waals surface area contributed by atoms with Crippen molar-refractivity contribution in [1.82, 2.24) is 8.87 Å². The maximum atomic E-state index is 13.2. The number of hydrogen-bond acceptors (Lipinski definition) is 6. The van der Waals surface area contributed by atoms with E-state index in [0.29, 0.717) is 23.2 Å². The van der Waals surface area contributed by atoms with Crippen LogP contribution in [0.5, 0.6) is 0 Å². The summed E-state index contributed by atoms with van der Waals surface area (Å²) in [6, 6.07) is 9.74. The van der Waals surface area contributed by atoms with Gasteiger partial charge in [0.2, 0.25) is 10.0 Å². The van der Waals surface area contributed by atoms with Gasteiger partial charge in [0.25, 0.3) is 5.91 Å². The largest absolute Gasteiger partial charge is 0.465 e. The van der Waals surface area contributed by atoms with Crippen LogP contribution < -0.4 is 4.80 Å². The van der Waals surface area contributed by atoms with Gasteiger partial charge in [-0.25, -0.2) is 17.6 Å². The predicted molar refractivity (Wildman–Crippen MR) is 121 cm³/mol. The van der Waals surface area contributed by atoms with Gasteiger partial charge >= 0.3 is 5.97 Å². The molecule has 33 heavy (non-hydrogen) atoms. The number of hydrogen-bond donors (Lipinski definition) is 0.